The van der Waals surface area contributed by atoms with Gasteiger partial charge in [0.1, 0.15) is 12.4 Å². The zero-order valence-corrected chi connectivity index (χ0v) is 10.1. The largest absolute Gasteiger partial charge is 0.481 e. The molecule has 1 atom stereocenters. The highest BCUT2D eigenvalue weighted by Crippen LogP contribution is 2.27. The summed E-state index contributed by atoms with van der Waals surface area (Å²) in [6.07, 6.45) is 1.83. The van der Waals surface area contributed by atoms with E-state index in [1.54, 1.807) is 13.1 Å². The van der Waals surface area contributed by atoms with E-state index in [0.29, 0.717) is 22.3 Å². The van der Waals surface area contributed by atoms with Gasteiger partial charge in [0.2, 0.25) is 5.88 Å². The predicted octanol–water partition coefficient (Wildman–Crippen LogP) is 0.954. The zero-order valence-electron chi connectivity index (χ0n) is 9.33. The van der Waals surface area contributed by atoms with Crippen molar-refractivity contribution in [3.05, 3.63) is 35.0 Å². The minimum absolute atomic E-state index is 0.382. The molecule has 2 aromatic rings. The summed E-state index contributed by atoms with van der Waals surface area (Å²) < 4.78 is 6.47. The van der Waals surface area contributed by atoms with E-state index in [4.69, 9.17) is 16.3 Å². The van der Waals surface area contributed by atoms with Crippen LogP contribution in [0.4, 0.5) is 0 Å². The molecule has 0 amide bonds. The van der Waals surface area contributed by atoms with Gasteiger partial charge < -0.3 is 9.84 Å². The first-order chi connectivity index (χ1) is 8.13. The molecule has 2 rings (SSSR count). The smallest absolute Gasteiger partial charge is 0.216 e. The Morgan fingerprint density at radius 2 is 2.24 bits per heavy atom. The van der Waals surface area contributed by atoms with E-state index in [2.05, 4.69) is 15.1 Å². The van der Waals surface area contributed by atoms with Crippen molar-refractivity contribution < 1.29 is 9.84 Å². The number of ether oxygens (including phenoxy) is 1. The first-order valence-electron chi connectivity index (χ1n) is 4.85. The maximum absolute atomic E-state index is 10.2. The first kappa shape index (κ1) is 11.8. The van der Waals surface area contributed by atoms with E-state index < -0.39 is 6.10 Å². The zero-order chi connectivity index (χ0) is 12.4. The molecular weight excluding hydrogens is 244 g/mol. The van der Waals surface area contributed by atoms with Crippen LogP contribution in [0.3, 0.4) is 0 Å². The lowest BCUT2D eigenvalue weighted by Crippen LogP contribution is -2.09. The average molecular weight is 255 g/mol. The van der Waals surface area contributed by atoms with Gasteiger partial charge in [-0.3, -0.25) is 4.68 Å². The average Bonchev–Trinajstić information content (AvgIpc) is 2.68. The highest BCUT2D eigenvalue weighted by Gasteiger charge is 2.20. The van der Waals surface area contributed by atoms with Crippen molar-refractivity contribution in [3.63, 3.8) is 0 Å². The summed E-state index contributed by atoms with van der Waals surface area (Å²) >= 11 is 5.95. The van der Waals surface area contributed by atoms with Crippen LogP contribution in [0.25, 0.3) is 0 Å². The Bertz CT molecular complexity index is 509. The van der Waals surface area contributed by atoms with Crippen LogP contribution in [0.15, 0.2) is 18.6 Å². The van der Waals surface area contributed by atoms with Crippen molar-refractivity contribution in [2.24, 2.45) is 7.05 Å². The summed E-state index contributed by atoms with van der Waals surface area (Å²) in [6.45, 7) is 0. The normalized spacial score (nSPS) is 12.5. The molecule has 0 aliphatic carbocycles. The van der Waals surface area contributed by atoms with Crippen LogP contribution in [0.1, 0.15) is 17.5 Å². The highest BCUT2D eigenvalue weighted by atomic mass is 35.5. The number of hydrogen-bond donors (Lipinski definition) is 1. The van der Waals surface area contributed by atoms with Crippen LogP contribution >= 0.6 is 11.6 Å². The maximum atomic E-state index is 10.2. The molecule has 0 bridgehead atoms. The molecule has 2 heterocycles. The summed E-state index contributed by atoms with van der Waals surface area (Å²) in [5.74, 6) is 0.382. The molecule has 17 heavy (non-hydrogen) atoms. The van der Waals surface area contributed by atoms with Crippen molar-refractivity contribution >= 4 is 11.6 Å². The van der Waals surface area contributed by atoms with Gasteiger partial charge in [0.15, 0.2) is 0 Å². The summed E-state index contributed by atoms with van der Waals surface area (Å²) in [5, 5.41) is 14.5. The van der Waals surface area contributed by atoms with Gasteiger partial charge in [-0.2, -0.15) is 5.10 Å². The van der Waals surface area contributed by atoms with Gasteiger partial charge in [-0.25, -0.2) is 9.97 Å². The number of methoxy groups -OCH3 is 1. The summed E-state index contributed by atoms with van der Waals surface area (Å²) in [6, 6.07) is 1.55. The van der Waals surface area contributed by atoms with Crippen molar-refractivity contribution in [1.82, 2.24) is 19.7 Å². The van der Waals surface area contributed by atoms with Crippen LogP contribution < -0.4 is 4.74 Å². The summed E-state index contributed by atoms with van der Waals surface area (Å²) in [7, 11) is 3.19. The van der Waals surface area contributed by atoms with Crippen LogP contribution in [-0.2, 0) is 7.05 Å². The lowest BCUT2D eigenvalue weighted by molar-refractivity contribution is 0.204. The lowest BCUT2D eigenvalue weighted by Gasteiger charge is -2.11. The molecule has 1 N–H and O–H groups in total. The molecule has 0 saturated heterocycles. The molecule has 0 saturated carbocycles. The quantitative estimate of drug-likeness (QED) is 0.883. The number of nitrogens with zero attached hydrogens (tertiary/aromatic N) is 4. The standard InChI is InChI=1S/C10H11ClN4O2/c1-15-9(6(11)4-14-15)10(16)7-3-8(17-2)13-5-12-7/h3-5,10,16H,1-2H3. The molecule has 0 spiro atoms. The van der Waals surface area contributed by atoms with Gasteiger partial charge in [0, 0.05) is 13.1 Å². The molecule has 0 radical (unpaired) electrons. The number of hydrogen-bond acceptors (Lipinski definition) is 5. The van der Waals surface area contributed by atoms with E-state index in [9.17, 15) is 5.11 Å². The molecular formula is C10H11ClN4O2. The number of rotatable bonds is 3. The molecule has 0 fully saturated rings. The second-order valence-corrected chi connectivity index (χ2v) is 3.80. The number of aromatic nitrogens is 4. The van der Waals surface area contributed by atoms with Gasteiger partial charge in [0.25, 0.3) is 0 Å². The fraction of sp³-hybridized carbons (Fsp3) is 0.300. The van der Waals surface area contributed by atoms with Crippen LogP contribution in [0.5, 0.6) is 5.88 Å². The Hall–Kier alpha value is -1.66. The van der Waals surface area contributed by atoms with E-state index in [1.165, 1.54) is 24.3 Å². The number of halogens is 1. The van der Waals surface area contributed by atoms with Gasteiger partial charge in [-0.15, -0.1) is 0 Å². The Balaban J connectivity index is 2.40. The molecule has 2 aromatic heterocycles. The van der Waals surface area contributed by atoms with E-state index in [-0.39, 0.29) is 0 Å². The molecule has 6 nitrogen and oxygen atoms in total. The summed E-state index contributed by atoms with van der Waals surface area (Å²) in [5.41, 5.74) is 0.884. The second kappa shape index (κ2) is 4.68. The third kappa shape index (κ3) is 2.22. The minimum Gasteiger partial charge on any atom is -0.481 e. The van der Waals surface area contributed by atoms with Crippen LogP contribution in [-0.4, -0.2) is 32.0 Å². The monoisotopic (exact) mass is 254 g/mol. The van der Waals surface area contributed by atoms with Gasteiger partial charge in [0.05, 0.1) is 29.7 Å². The van der Waals surface area contributed by atoms with Crippen molar-refractivity contribution in [2.45, 2.75) is 6.10 Å². The lowest BCUT2D eigenvalue weighted by atomic mass is 10.2. The minimum atomic E-state index is -0.966. The second-order valence-electron chi connectivity index (χ2n) is 3.39. The number of aliphatic hydroxyl groups is 1. The number of aliphatic hydroxyl groups excluding tert-OH is 1. The van der Waals surface area contributed by atoms with Gasteiger partial charge >= 0.3 is 0 Å². The molecule has 90 valence electrons. The fourth-order valence-corrected chi connectivity index (χ4v) is 1.75. The van der Waals surface area contributed by atoms with Crippen LogP contribution in [0.2, 0.25) is 5.02 Å². The molecule has 7 heteroatoms. The molecule has 0 aliphatic rings. The molecule has 0 aliphatic heterocycles. The van der Waals surface area contributed by atoms with E-state index >= 15 is 0 Å². The third-order valence-electron chi connectivity index (χ3n) is 2.35. The first-order valence-corrected chi connectivity index (χ1v) is 5.22. The van der Waals surface area contributed by atoms with Crippen molar-refractivity contribution in [2.75, 3.05) is 7.11 Å². The maximum Gasteiger partial charge on any atom is 0.216 e. The predicted molar refractivity (Wildman–Crippen MR) is 60.9 cm³/mol. The Labute approximate surface area is 103 Å². The van der Waals surface area contributed by atoms with E-state index in [1.807, 2.05) is 0 Å². The van der Waals surface area contributed by atoms with Crippen molar-refractivity contribution in [1.29, 1.82) is 0 Å². The fourth-order valence-electron chi connectivity index (χ4n) is 1.48. The van der Waals surface area contributed by atoms with Gasteiger partial charge in [-0.05, 0) is 0 Å². The highest BCUT2D eigenvalue weighted by molar-refractivity contribution is 6.31. The van der Waals surface area contributed by atoms with Crippen molar-refractivity contribution in [3.8, 4) is 5.88 Å². The molecule has 0 aromatic carbocycles. The van der Waals surface area contributed by atoms with Crippen LogP contribution in [0, 0.1) is 0 Å². The van der Waals surface area contributed by atoms with Gasteiger partial charge in [-0.1, -0.05) is 11.6 Å². The SMILES string of the molecule is COc1cc(C(O)c2c(Cl)cnn2C)ncn1. The third-order valence-corrected chi connectivity index (χ3v) is 2.64. The Kier molecular flexibility index (Phi) is 3.26. The summed E-state index contributed by atoms with van der Waals surface area (Å²) in [4.78, 5) is 7.85. The molecule has 1 unspecified atom stereocenters. The number of aryl methyl sites for hydroxylation is 1. The Morgan fingerprint density at radius 1 is 1.47 bits per heavy atom. The topological polar surface area (TPSA) is 73.1 Å². The Morgan fingerprint density at radius 3 is 2.82 bits per heavy atom. The van der Waals surface area contributed by atoms with E-state index in [0.717, 1.165) is 0 Å².